The number of hydrogen-bond donors (Lipinski definition) is 0. The van der Waals surface area contributed by atoms with Gasteiger partial charge in [-0.25, -0.2) is 0 Å². The zero-order chi connectivity index (χ0) is 55.9. The number of carboxylic acid groups (broad SMARTS) is 2. The molecule has 0 heterocycles. The second kappa shape index (κ2) is 69.4. The molecule has 0 bridgehead atoms. The minimum Gasteiger partial charge on any atom is -0.550 e. The van der Waals surface area contributed by atoms with Crippen LogP contribution in [0.4, 0.5) is 0 Å². The Morgan fingerprint density at radius 3 is 0.623 bits per heavy atom. The maximum atomic E-state index is 12.4. The summed E-state index contributed by atoms with van der Waals surface area (Å²) < 4.78 is 11.8. The summed E-state index contributed by atoms with van der Waals surface area (Å²) in [7, 11) is 0. The Balaban J connectivity index is -0.00000140. The van der Waals surface area contributed by atoms with Crippen LogP contribution in [0, 0.1) is 0 Å². The summed E-state index contributed by atoms with van der Waals surface area (Å²) in [6, 6.07) is 0. The van der Waals surface area contributed by atoms with Gasteiger partial charge in [-0.15, -0.1) is 0 Å². The summed E-state index contributed by atoms with van der Waals surface area (Å²) in [5.74, 6) is -1.80. The number of carbonyl (C=O) groups is 4. The van der Waals surface area contributed by atoms with Gasteiger partial charge in [0.1, 0.15) is 12.2 Å². The maximum Gasteiger partial charge on any atom is 2.00 e. The number of carboxylic acids is 2. The van der Waals surface area contributed by atoms with Gasteiger partial charge >= 0.3 is 49.7 Å². The number of carbonyl (C=O) groups excluding carboxylic acids is 4. The average Bonchev–Trinajstić information content (AvgIpc) is 3.40. The van der Waals surface area contributed by atoms with Crippen molar-refractivity contribution in [3.05, 3.63) is 0 Å². The molecule has 0 aliphatic carbocycles. The summed E-state index contributed by atoms with van der Waals surface area (Å²) in [6.07, 6.45) is 68.0. The fraction of sp³-hybridized carbons (Fsp3) is 0.941. The fourth-order valence-electron chi connectivity index (χ4n) is 10.6. The van der Waals surface area contributed by atoms with Crippen LogP contribution in [0.2, 0.25) is 0 Å². The molecule has 0 aliphatic rings. The first-order chi connectivity index (χ1) is 37.2. The normalized spacial score (nSPS) is 11.9. The molecule has 0 radical (unpaired) electrons. The van der Waals surface area contributed by atoms with Crippen LogP contribution in [-0.2, 0) is 28.7 Å². The summed E-state index contributed by atoms with van der Waals surface area (Å²) in [6.45, 7) is 8.96. The molecule has 0 aliphatic heterocycles. The summed E-state index contributed by atoms with van der Waals surface area (Å²) >= 11 is 0. The smallest absolute Gasteiger partial charge is 0.550 e. The van der Waals surface area contributed by atoms with Gasteiger partial charge in [0, 0.05) is 24.8 Å². The standard InChI is InChI=1S/2C34H66O4.Ca/c2*1-3-5-7-8-9-10-11-12-13-18-21-24-27-31-34(37)38-32(28-6-4-2)29-25-22-19-16-14-15-17-20-23-26-30-33(35)36;/h2*32H,3-31H2,1-2H3,(H,35,36);/q;;+2/p-2. The van der Waals surface area contributed by atoms with Crippen molar-refractivity contribution in [2.24, 2.45) is 0 Å². The molecule has 8 nitrogen and oxygen atoms in total. The van der Waals surface area contributed by atoms with Crippen molar-refractivity contribution in [2.75, 3.05) is 0 Å². The van der Waals surface area contributed by atoms with Crippen LogP contribution < -0.4 is 10.2 Å². The van der Waals surface area contributed by atoms with Gasteiger partial charge in [0.25, 0.3) is 0 Å². The minimum absolute atomic E-state index is 0. The van der Waals surface area contributed by atoms with Gasteiger partial charge in [-0.1, -0.05) is 310 Å². The second-order valence-corrected chi connectivity index (χ2v) is 23.4. The average molecular weight is 1120 g/mol. The molecular weight excluding hydrogens is 985 g/mol. The van der Waals surface area contributed by atoms with Crippen molar-refractivity contribution in [1.82, 2.24) is 0 Å². The number of hydrogen-bond acceptors (Lipinski definition) is 8. The molecule has 9 heteroatoms. The maximum absolute atomic E-state index is 12.4. The molecule has 2 unspecified atom stereocenters. The molecule has 0 aromatic heterocycles. The first kappa shape index (κ1) is 80.4. The minimum atomic E-state index is -0.925. The summed E-state index contributed by atoms with van der Waals surface area (Å²) in [4.78, 5) is 45.6. The van der Waals surface area contributed by atoms with E-state index in [9.17, 15) is 29.4 Å². The van der Waals surface area contributed by atoms with Crippen LogP contribution in [-0.4, -0.2) is 73.8 Å². The van der Waals surface area contributed by atoms with E-state index < -0.39 is 11.9 Å². The van der Waals surface area contributed by atoms with E-state index in [-0.39, 0.29) is 74.7 Å². The van der Waals surface area contributed by atoms with Crippen molar-refractivity contribution in [2.45, 2.75) is 412 Å². The second-order valence-electron chi connectivity index (χ2n) is 23.4. The number of esters is 2. The molecule has 0 amide bonds. The monoisotopic (exact) mass is 1110 g/mol. The molecular formula is C68H130CaO8. The van der Waals surface area contributed by atoms with Crippen molar-refractivity contribution < 1.29 is 38.9 Å². The van der Waals surface area contributed by atoms with Crippen LogP contribution in [0.1, 0.15) is 400 Å². The predicted octanol–water partition coefficient (Wildman–Crippen LogP) is 19.6. The van der Waals surface area contributed by atoms with Gasteiger partial charge in [-0.05, 0) is 77.0 Å². The van der Waals surface area contributed by atoms with Crippen LogP contribution in [0.25, 0.3) is 0 Å². The van der Waals surface area contributed by atoms with E-state index in [0.29, 0.717) is 12.8 Å². The first-order valence-corrected chi connectivity index (χ1v) is 34.0. The Kier molecular flexibility index (Phi) is 72.4. The third kappa shape index (κ3) is 71.2. The summed E-state index contributed by atoms with van der Waals surface area (Å²) in [5.41, 5.74) is 0. The van der Waals surface area contributed by atoms with Crippen molar-refractivity contribution in [1.29, 1.82) is 0 Å². The molecule has 452 valence electrons. The van der Waals surface area contributed by atoms with Crippen molar-refractivity contribution >= 4 is 61.6 Å². The van der Waals surface area contributed by atoms with Crippen LogP contribution in [0.15, 0.2) is 0 Å². The van der Waals surface area contributed by atoms with Gasteiger partial charge in [-0.2, -0.15) is 0 Å². The zero-order valence-electron chi connectivity index (χ0n) is 52.1. The molecule has 0 saturated carbocycles. The molecule has 0 aromatic rings. The van der Waals surface area contributed by atoms with Crippen LogP contribution >= 0.6 is 0 Å². The Morgan fingerprint density at radius 2 is 0.416 bits per heavy atom. The quantitative estimate of drug-likeness (QED) is 0.0334. The molecule has 2 atom stereocenters. The van der Waals surface area contributed by atoms with Gasteiger partial charge < -0.3 is 29.3 Å². The first-order valence-electron chi connectivity index (χ1n) is 34.0. The van der Waals surface area contributed by atoms with Gasteiger partial charge in [0.2, 0.25) is 0 Å². The Hall–Kier alpha value is -0.860. The Morgan fingerprint density at radius 1 is 0.247 bits per heavy atom. The van der Waals surface area contributed by atoms with E-state index in [1.165, 1.54) is 218 Å². The van der Waals surface area contributed by atoms with Crippen LogP contribution in [0.3, 0.4) is 0 Å². The molecule has 0 aromatic carbocycles. The molecule has 0 N–H and O–H groups in total. The van der Waals surface area contributed by atoms with E-state index in [2.05, 4.69) is 27.7 Å². The molecule has 0 rings (SSSR count). The number of aliphatic carboxylic acids is 2. The van der Waals surface area contributed by atoms with Gasteiger partial charge in [0.15, 0.2) is 0 Å². The fourth-order valence-corrected chi connectivity index (χ4v) is 10.6. The van der Waals surface area contributed by atoms with E-state index in [4.69, 9.17) is 9.47 Å². The third-order valence-electron chi connectivity index (χ3n) is 15.6. The number of ether oxygens (including phenoxy) is 2. The topological polar surface area (TPSA) is 133 Å². The van der Waals surface area contributed by atoms with E-state index in [1.807, 2.05) is 0 Å². The number of rotatable bonds is 62. The van der Waals surface area contributed by atoms with Crippen molar-refractivity contribution in [3.63, 3.8) is 0 Å². The number of unbranched alkanes of at least 4 members (excludes halogenated alkanes) is 44. The van der Waals surface area contributed by atoms with Gasteiger partial charge in [0.05, 0.1) is 0 Å². The van der Waals surface area contributed by atoms with Gasteiger partial charge in [-0.3, -0.25) is 9.59 Å². The van der Waals surface area contributed by atoms with Crippen molar-refractivity contribution in [3.8, 4) is 0 Å². The van der Waals surface area contributed by atoms with Crippen LogP contribution in [0.5, 0.6) is 0 Å². The predicted molar refractivity (Wildman–Crippen MR) is 326 cm³/mol. The summed E-state index contributed by atoms with van der Waals surface area (Å²) in [5, 5.41) is 20.8. The largest absolute Gasteiger partial charge is 2.00 e. The zero-order valence-corrected chi connectivity index (χ0v) is 54.3. The van der Waals surface area contributed by atoms with E-state index in [0.717, 1.165) is 128 Å². The molecule has 0 spiro atoms. The third-order valence-corrected chi connectivity index (χ3v) is 15.6. The van der Waals surface area contributed by atoms with E-state index >= 15 is 0 Å². The SMILES string of the molecule is CCCCCCCCCCCCCCCC(=O)OC(CCCC)CCCCCCCCCCCCC(=O)[O-].CCCCCCCCCCCCCCCC(=O)OC(CCCC)CCCCCCCCCCCCC(=O)[O-].[Ca+2]. The molecule has 0 fully saturated rings. The molecule has 0 saturated heterocycles. The Bertz CT molecular complexity index is 1110. The molecule has 77 heavy (non-hydrogen) atoms. The Labute approximate surface area is 509 Å². The van der Waals surface area contributed by atoms with E-state index in [1.54, 1.807) is 0 Å².